The first-order chi connectivity index (χ1) is 11.8. The van der Waals surface area contributed by atoms with Gasteiger partial charge in [0.2, 0.25) is 0 Å². The summed E-state index contributed by atoms with van der Waals surface area (Å²) in [5.41, 5.74) is 2.99. The van der Waals surface area contributed by atoms with Crippen LogP contribution in [0.1, 0.15) is 15.9 Å². The second-order valence-electron chi connectivity index (χ2n) is 5.46. The number of hydrogen-bond donors (Lipinski definition) is 3. The number of rotatable bonds is 7. The van der Waals surface area contributed by atoms with E-state index in [-0.39, 0.29) is 5.91 Å². The van der Waals surface area contributed by atoms with Gasteiger partial charge in [-0.25, -0.2) is 4.98 Å². The van der Waals surface area contributed by atoms with E-state index in [1.54, 1.807) is 24.4 Å². The molecule has 1 amide bonds. The highest BCUT2D eigenvalue weighted by Crippen LogP contribution is 2.18. The molecule has 0 saturated heterocycles. The molecular formula is C19H20N4O. The summed E-state index contributed by atoms with van der Waals surface area (Å²) in [7, 11) is 0. The maximum Gasteiger partial charge on any atom is 0.251 e. The topological polar surface area (TPSA) is 69.8 Å². The highest BCUT2D eigenvalue weighted by molar-refractivity contribution is 5.94. The van der Waals surface area contributed by atoms with E-state index in [0.717, 1.165) is 18.5 Å². The molecule has 3 rings (SSSR count). The number of benzene rings is 1. The van der Waals surface area contributed by atoms with Crippen molar-refractivity contribution in [3.63, 3.8) is 0 Å². The fourth-order valence-electron chi connectivity index (χ4n) is 2.60. The average molecular weight is 320 g/mol. The summed E-state index contributed by atoms with van der Waals surface area (Å²) < 4.78 is 0. The molecule has 0 atom stereocenters. The number of para-hydroxylation sites is 1. The maximum absolute atomic E-state index is 11.9. The molecule has 1 aromatic carbocycles. The predicted molar refractivity (Wildman–Crippen MR) is 97.3 cm³/mol. The number of anilines is 1. The van der Waals surface area contributed by atoms with Gasteiger partial charge >= 0.3 is 0 Å². The number of fused-ring (bicyclic) bond motifs is 1. The van der Waals surface area contributed by atoms with Crippen LogP contribution in [0.25, 0.3) is 10.9 Å². The van der Waals surface area contributed by atoms with Gasteiger partial charge in [0.05, 0.1) is 0 Å². The fraction of sp³-hybridized carbons (Fsp3) is 0.158. The zero-order valence-corrected chi connectivity index (χ0v) is 13.4. The molecule has 0 radical (unpaired) electrons. The van der Waals surface area contributed by atoms with Crippen molar-refractivity contribution in [2.75, 3.05) is 18.4 Å². The van der Waals surface area contributed by atoms with Crippen LogP contribution in [0, 0.1) is 0 Å². The van der Waals surface area contributed by atoms with Crippen LogP contribution < -0.4 is 10.6 Å². The molecule has 0 spiro atoms. The SMILES string of the molecule is C=CCNC(=O)c1ccnc(NCCc2c[nH]c3ccccc23)c1. The van der Waals surface area contributed by atoms with Crippen LogP contribution in [0.5, 0.6) is 0 Å². The Morgan fingerprint density at radius 1 is 1.29 bits per heavy atom. The Labute approximate surface area is 140 Å². The number of nitrogens with one attached hydrogen (secondary N) is 3. The lowest BCUT2D eigenvalue weighted by Crippen LogP contribution is -2.23. The molecule has 3 aromatic rings. The van der Waals surface area contributed by atoms with Gasteiger partial charge in [-0.05, 0) is 30.2 Å². The van der Waals surface area contributed by atoms with Gasteiger partial charge in [-0.3, -0.25) is 4.79 Å². The minimum atomic E-state index is -0.128. The molecule has 2 heterocycles. The number of carbonyl (C=O) groups is 1. The van der Waals surface area contributed by atoms with Gasteiger partial charge in [0.25, 0.3) is 5.91 Å². The first-order valence-corrected chi connectivity index (χ1v) is 7.92. The Morgan fingerprint density at radius 2 is 2.17 bits per heavy atom. The van der Waals surface area contributed by atoms with Crippen LogP contribution in [0.2, 0.25) is 0 Å². The highest BCUT2D eigenvalue weighted by atomic mass is 16.1. The number of H-pyrrole nitrogens is 1. The number of hydrogen-bond acceptors (Lipinski definition) is 3. The lowest BCUT2D eigenvalue weighted by Gasteiger charge is -2.07. The number of aromatic amines is 1. The van der Waals surface area contributed by atoms with Crippen molar-refractivity contribution in [2.24, 2.45) is 0 Å². The first kappa shape index (κ1) is 15.8. The molecule has 0 unspecified atom stereocenters. The van der Waals surface area contributed by atoms with Crippen LogP contribution in [0.3, 0.4) is 0 Å². The second kappa shape index (κ2) is 7.46. The Bertz CT molecular complexity index is 853. The third kappa shape index (κ3) is 3.63. The van der Waals surface area contributed by atoms with Crippen molar-refractivity contribution in [2.45, 2.75) is 6.42 Å². The number of pyridine rings is 1. The van der Waals surface area contributed by atoms with Gasteiger partial charge in [0.1, 0.15) is 5.82 Å². The summed E-state index contributed by atoms with van der Waals surface area (Å²) in [6.07, 6.45) is 6.20. The molecule has 0 saturated carbocycles. The predicted octanol–water partition coefficient (Wildman–Crippen LogP) is 3.13. The van der Waals surface area contributed by atoms with E-state index < -0.39 is 0 Å². The molecule has 3 N–H and O–H groups in total. The van der Waals surface area contributed by atoms with E-state index in [9.17, 15) is 4.79 Å². The summed E-state index contributed by atoms with van der Waals surface area (Å²) in [5, 5.41) is 7.27. The largest absolute Gasteiger partial charge is 0.370 e. The molecule has 5 nitrogen and oxygen atoms in total. The molecule has 2 aromatic heterocycles. The monoisotopic (exact) mass is 320 g/mol. The molecule has 0 aliphatic rings. The molecule has 24 heavy (non-hydrogen) atoms. The van der Waals surface area contributed by atoms with E-state index in [0.29, 0.717) is 17.9 Å². The Kier molecular flexibility index (Phi) is 4.91. The number of carbonyl (C=O) groups excluding carboxylic acids is 1. The zero-order chi connectivity index (χ0) is 16.8. The van der Waals surface area contributed by atoms with Crippen molar-refractivity contribution in [1.29, 1.82) is 0 Å². The number of aromatic nitrogens is 2. The Morgan fingerprint density at radius 3 is 3.04 bits per heavy atom. The summed E-state index contributed by atoms with van der Waals surface area (Å²) in [4.78, 5) is 19.5. The van der Waals surface area contributed by atoms with E-state index >= 15 is 0 Å². The van der Waals surface area contributed by atoms with Crippen LogP contribution >= 0.6 is 0 Å². The minimum Gasteiger partial charge on any atom is -0.370 e. The molecule has 5 heteroatoms. The van der Waals surface area contributed by atoms with E-state index in [1.807, 2.05) is 18.3 Å². The standard InChI is InChI=1S/C19H20N4O/c1-2-9-22-19(24)14-7-10-20-18(12-14)21-11-8-15-13-23-17-6-4-3-5-16(15)17/h2-7,10,12-13,23H,1,8-9,11H2,(H,20,21)(H,22,24). The molecule has 0 aliphatic carbocycles. The molecule has 122 valence electrons. The van der Waals surface area contributed by atoms with Crippen LogP contribution in [-0.4, -0.2) is 29.0 Å². The molecule has 0 fully saturated rings. The van der Waals surface area contributed by atoms with E-state index in [4.69, 9.17) is 0 Å². The lowest BCUT2D eigenvalue weighted by atomic mass is 10.1. The third-order valence-corrected chi connectivity index (χ3v) is 3.80. The first-order valence-electron chi connectivity index (χ1n) is 7.92. The van der Waals surface area contributed by atoms with Crippen molar-refractivity contribution < 1.29 is 4.79 Å². The maximum atomic E-state index is 11.9. The van der Waals surface area contributed by atoms with Crippen molar-refractivity contribution in [1.82, 2.24) is 15.3 Å². The lowest BCUT2D eigenvalue weighted by molar-refractivity contribution is 0.0958. The van der Waals surface area contributed by atoms with Crippen molar-refractivity contribution in [3.8, 4) is 0 Å². The summed E-state index contributed by atoms with van der Waals surface area (Å²) in [6, 6.07) is 11.7. The van der Waals surface area contributed by atoms with Crippen LogP contribution in [-0.2, 0) is 6.42 Å². The van der Waals surface area contributed by atoms with Gasteiger partial charge < -0.3 is 15.6 Å². The van der Waals surface area contributed by atoms with Gasteiger partial charge in [-0.15, -0.1) is 6.58 Å². The van der Waals surface area contributed by atoms with Crippen molar-refractivity contribution in [3.05, 3.63) is 72.6 Å². The van der Waals surface area contributed by atoms with Gasteiger partial charge in [-0.2, -0.15) is 0 Å². The van der Waals surface area contributed by atoms with Gasteiger partial charge in [-0.1, -0.05) is 24.3 Å². The molecular weight excluding hydrogens is 300 g/mol. The normalized spacial score (nSPS) is 10.5. The quantitative estimate of drug-likeness (QED) is 0.586. The number of nitrogens with zero attached hydrogens (tertiary/aromatic N) is 1. The minimum absolute atomic E-state index is 0.128. The van der Waals surface area contributed by atoms with Gasteiger partial charge in [0, 0.05) is 41.9 Å². The van der Waals surface area contributed by atoms with Crippen LogP contribution in [0.4, 0.5) is 5.82 Å². The third-order valence-electron chi connectivity index (χ3n) is 3.80. The fourth-order valence-corrected chi connectivity index (χ4v) is 2.60. The molecule has 0 aliphatic heterocycles. The Balaban J connectivity index is 1.60. The summed E-state index contributed by atoms with van der Waals surface area (Å²) in [5.74, 6) is 0.568. The number of amides is 1. The smallest absolute Gasteiger partial charge is 0.251 e. The Hall–Kier alpha value is -3.08. The van der Waals surface area contributed by atoms with E-state index in [2.05, 4.69) is 39.3 Å². The average Bonchev–Trinajstić information content (AvgIpc) is 3.03. The van der Waals surface area contributed by atoms with Crippen LogP contribution in [0.15, 0.2) is 61.4 Å². The second-order valence-corrected chi connectivity index (χ2v) is 5.46. The summed E-state index contributed by atoms with van der Waals surface area (Å²) >= 11 is 0. The van der Waals surface area contributed by atoms with Gasteiger partial charge in [0.15, 0.2) is 0 Å². The molecule has 0 bridgehead atoms. The van der Waals surface area contributed by atoms with Crippen molar-refractivity contribution >= 4 is 22.6 Å². The summed E-state index contributed by atoms with van der Waals surface area (Å²) in [6.45, 7) is 4.78. The zero-order valence-electron chi connectivity index (χ0n) is 13.4. The van der Waals surface area contributed by atoms with E-state index in [1.165, 1.54) is 10.9 Å². The highest BCUT2D eigenvalue weighted by Gasteiger charge is 2.06.